The Bertz CT molecular complexity index is 752. The smallest absolute Gasteiger partial charge is 0.257 e. The molecule has 0 radical (unpaired) electrons. The fraction of sp³-hybridized carbons (Fsp3) is 0.381. The molecule has 0 atom stereocenters. The number of hydrogen-bond donors (Lipinski definition) is 0. The van der Waals surface area contributed by atoms with Gasteiger partial charge in [0.2, 0.25) is 0 Å². The number of ether oxygens (including phenoxy) is 3. The van der Waals surface area contributed by atoms with Crippen molar-refractivity contribution in [2.75, 3.05) is 34.4 Å². The molecule has 0 aromatic heterocycles. The number of hydrogen-bond acceptors (Lipinski definition) is 4. The number of carbonyl (C=O) groups is 1. The van der Waals surface area contributed by atoms with Crippen LogP contribution in [0.15, 0.2) is 42.5 Å². The van der Waals surface area contributed by atoms with Gasteiger partial charge in [0.05, 0.1) is 26.9 Å². The number of likely N-dealkylation sites (tertiary alicyclic amines) is 1. The molecular formula is C21H25NO4. The van der Waals surface area contributed by atoms with Crippen molar-refractivity contribution in [3.8, 4) is 17.2 Å². The standard InChI is InChI=1S/C21H25NO4/c1-24-18-14-20(26-3)19(25-2)13-17(18)21(23)22-11-9-16(10-12-22)15-7-5-4-6-8-15/h4-8,13-14,16H,9-12H2,1-3H3. The minimum Gasteiger partial charge on any atom is -0.496 e. The summed E-state index contributed by atoms with van der Waals surface area (Å²) in [5, 5.41) is 0. The number of amides is 1. The van der Waals surface area contributed by atoms with Gasteiger partial charge >= 0.3 is 0 Å². The Balaban J connectivity index is 1.76. The molecule has 26 heavy (non-hydrogen) atoms. The Hall–Kier alpha value is -2.69. The summed E-state index contributed by atoms with van der Waals surface area (Å²) in [5.74, 6) is 2.04. The third kappa shape index (κ3) is 3.62. The molecule has 1 saturated heterocycles. The number of nitrogens with zero attached hydrogens (tertiary/aromatic N) is 1. The SMILES string of the molecule is COc1cc(OC)c(C(=O)N2CCC(c3ccccc3)CC2)cc1OC. The van der Waals surface area contributed by atoms with E-state index in [9.17, 15) is 4.79 Å². The number of carbonyl (C=O) groups excluding carboxylic acids is 1. The third-order valence-electron chi connectivity index (χ3n) is 4.99. The minimum absolute atomic E-state index is 0.0330. The first-order valence-corrected chi connectivity index (χ1v) is 8.82. The average Bonchev–Trinajstić information content (AvgIpc) is 2.72. The van der Waals surface area contributed by atoms with Crippen LogP contribution in [-0.4, -0.2) is 45.2 Å². The number of piperidine rings is 1. The highest BCUT2D eigenvalue weighted by molar-refractivity contribution is 5.98. The van der Waals surface area contributed by atoms with E-state index in [0.717, 1.165) is 25.9 Å². The highest BCUT2D eigenvalue weighted by atomic mass is 16.5. The van der Waals surface area contributed by atoms with Crippen molar-refractivity contribution in [1.29, 1.82) is 0 Å². The molecule has 0 aliphatic carbocycles. The summed E-state index contributed by atoms with van der Waals surface area (Å²) in [7, 11) is 4.68. The first-order chi connectivity index (χ1) is 12.7. The van der Waals surface area contributed by atoms with Crippen LogP contribution < -0.4 is 14.2 Å². The maximum Gasteiger partial charge on any atom is 0.257 e. The van der Waals surface area contributed by atoms with E-state index in [4.69, 9.17) is 14.2 Å². The molecule has 2 aromatic rings. The second-order valence-electron chi connectivity index (χ2n) is 6.38. The zero-order valence-electron chi connectivity index (χ0n) is 15.5. The maximum atomic E-state index is 13.0. The predicted octanol–water partition coefficient (Wildman–Crippen LogP) is 3.73. The molecule has 5 nitrogen and oxygen atoms in total. The molecule has 1 fully saturated rings. The molecule has 1 aliphatic rings. The zero-order valence-corrected chi connectivity index (χ0v) is 15.5. The van der Waals surface area contributed by atoms with Gasteiger partial charge in [-0.1, -0.05) is 30.3 Å². The first-order valence-electron chi connectivity index (χ1n) is 8.82. The second kappa shape index (κ2) is 8.13. The van der Waals surface area contributed by atoms with Gasteiger partial charge in [-0.3, -0.25) is 4.79 Å². The van der Waals surface area contributed by atoms with E-state index in [0.29, 0.717) is 28.7 Å². The molecule has 1 heterocycles. The van der Waals surface area contributed by atoms with Crippen molar-refractivity contribution in [1.82, 2.24) is 4.90 Å². The monoisotopic (exact) mass is 355 g/mol. The topological polar surface area (TPSA) is 48.0 Å². The molecule has 0 spiro atoms. The Morgan fingerprint density at radius 2 is 1.46 bits per heavy atom. The lowest BCUT2D eigenvalue weighted by atomic mass is 9.89. The highest BCUT2D eigenvalue weighted by Crippen LogP contribution is 2.36. The van der Waals surface area contributed by atoms with Crippen LogP contribution in [0.4, 0.5) is 0 Å². The summed E-state index contributed by atoms with van der Waals surface area (Å²) in [6.45, 7) is 1.46. The van der Waals surface area contributed by atoms with Gasteiger partial charge in [-0.2, -0.15) is 0 Å². The first kappa shape index (κ1) is 18.1. The summed E-state index contributed by atoms with van der Waals surface area (Å²) >= 11 is 0. The molecule has 1 amide bonds. The second-order valence-corrected chi connectivity index (χ2v) is 6.38. The summed E-state index contributed by atoms with van der Waals surface area (Å²) in [6, 6.07) is 13.9. The molecule has 0 bridgehead atoms. The predicted molar refractivity (Wildman–Crippen MR) is 100 cm³/mol. The van der Waals surface area contributed by atoms with E-state index in [1.165, 1.54) is 5.56 Å². The minimum atomic E-state index is -0.0330. The Labute approximate surface area is 154 Å². The number of rotatable bonds is 5. The van der Waals surface area contributed by atoms with Crippen molar-refractivity contribution >= 4 is 5.91 Å². The van der Waals surface area contributed by atoms with E-state index in [1.54, 1.807) is 33.5 Å². The molecule has 0 unspecified atom stereocenters. The van der Waals surface area contributed by atoms with Crippen molar-refractivity contribution in [3.63, 3.8) is 0 Å². The van der Waals surface area contributed by atoms with Gasteiger partial charge in [0.25, 0.3) is 5.91 Å². The Morgan fingerprint density at radius 3 is 2.04 bits per heavy atom. The van der Waals surface area contributed by atoms with Crippen LogP contribution in [0.5, 0.6) is 17.2 Å². The lowest BCUT2D eigenvalue weighted by molar-refractivity contribution is 0.0709. The molecule has 5 heteroatoms. The quantitative estimate of drug-likeness (QED) is 0.820. The van der Waals surface area contributed by atoms with Gasteiger partial charge in [-0.15, -0.1) is 0 Å². The third-order valence-corrected chi connectivity index (χ3v) is 4.99. The van der Waals surface area contributed by atoms with Gasteiger partial charge in [0.1, 0.15) is 5.75 Å². The van der Waals surface area contributed by atoms with Gasteiger partial charge in [0, 0.05) is 25.2 Å². The maximum absolute atomic E-state index is 13.0. The molecule has 1 aliphatic heterocycles. The van der Waals surface area contributed by atoms with E-state index in [-0.39, 0.29) is 5.91 Å². The van der Waals surface area contributed by atoms with E-state index < -0.39 is 0 Å². The molecule has 2 aromatic carbocycles. The molecular weight excluding hydrogens is 330 g/mol. The zero-order chi connectivity index (χ0) is 18.5. The van der Waals surface area contributed by atoms with Gasteiger partial charge in [0.15, 0.2) is 11.5 Å². The van der Waals surface area contributed by atoms with Crippen LogP contribution in [0, 0.1) is 0 Å². The summed E-state index contributed by atoms with van der Waals surface area (Å²) in [6.07, 6.45) is 1.93. The normalized spacial score (nSPS) is 14.8. The fourth-order valence-corrected chi connectivity index (χ4v) is 3.51. The molecule has 0 N–H and O–H groups in total. The van der Waals surface area contributed by atoms with Crippen LogP contribution in [-0.2, 0) is 0 Å². The van der Waals surface area contributed by atoms with Crippen molar-refractivity contribution in [3.05, 3.63) is 53.6 Å². The Morgan fingerprint density at radius 1 is 0.885 bits per heavy atom. The van der Waals surface area contributed by atoms with Crippen molar-refractivity contribution < 1.29 is 19.0 Å². The summed E-state index contributed by atoms with van der Waals surface area (Å²) in [5.41, 5.74) is 1.85. The molecule has 3 rings (SSSR count). The fourth-order valence-electron chi connectivity index (χ4n) is 3.51. The largest absolute Gasteiger partial charge is 0.496 e. The van der Waals surface area contributed by atoms with Crippen LogP contribution in [0.1, 0.15) is 34.7 Å². The molecule has 138 valence electrons. The van der Waals surface area contributed by atoms with Crippen LogP contribution in [0.2, 0.25) is 0 Å². The molecule has 0 saturated carbocycles. The lowest BCUT2D eigenvalue weighted by Crippen LogP contribution is -2.38. The van der Waals surface area contributed by atoms with E-state index in [2.05, 4.69) is 24.3 Å². The summed E-state index contributed by atoms with van der Waals surface area (Å²) in [4.78, 5) is 14.9. The van der Waals surface area contributed by atoms with Gasteiger partial charge in [-0.05, 0) is 24.3 Å². The number of methoxy groups -OCH3 is 3. The number of benzene rings is 2. The average molecular weight is 355 g/mol. The van der Waals surface area contributed by atoms with Crippen LogP contribution in [0.3, 0.4) is 0 Å². The van der Waals surface area contributed by atoms with Gasteiger partial charge < -0.3 is 19.1 Å². The van der Waals surface area contributed by atoms with E-state index in [1.807, 2.05) is 11.0 Å². The van der Waals surface area contributed by atoms with Crippen molar-refractivity contribution in [2.24, 2.45) is 0 Å². The van der Waals surface area contributed by atoms with E-state index >= 15 is 0 Å². The highest BCUT2D eigenvalue weighted by Gasteiger charge is 2.27. The summed E-state index contributed by atoms with van der Waals surface area (Å²) < 4.78 is 16.0. The Kier molecular flexibility index (Phi) is 5.66. The lowest BCUT2D eigenvalue weighted by Gasteiger charge is -2.32. The van der Waals surface area contributed by atoms with Crippen LogP contribution >= 0.6 is 0 Å². The van der Waals surface area contributed by atoms with Gasteiger partial charge in [-0.25, -0.2) is 0 Å². The van der Waals surface area contributed by atoms with Crippen molar-refractivity contribution in [2.45, 2.75) is 18.8 Å². The van der Waals surface area contributed by atoms with Crippen LogP contribution in [0.25, 0.3) is 0 Å².